The summed E-state index contributed by atoms with van der Waals surface area (Å²) in [5, 5.41) is 4.14. The van der Waals surface area contributed by atoms with Crippen LogP contribution in [0.2, 0.25) is 0 Å². The van der Waals surface area contributed by atoms with Crippen molar-refractivity contribution in [1.29, 1.82) is 0 Å². The van der Waals surface area contributed by atoms with E-state index in [1.54, 1.807) is 23.5 Å². The number of hydrogen-bond donors (Lipinski definition) is 1. The highest BCUT2D eigenvalue weighted by Crippen LogP contribution is 2.34. The van der Waals surface area contributed by atoms with E-state index in [4.69, 9.17) is 0 Å². The number of amides is 2. The van der Waals surface area contributed by atoms with Crippen LogP contribution in [0.5, 0.6) is 0 Å². The van der Waals surface area contributed by atoms with Gasteiger partial charge < -0.3 is 10.2 Å². The Bertz CT molecular complexity index is 1090. The smallest absolute Gasteiger partial charge is 0.317 e. The van der Waals surface area contributed by atoms with E-state index in [0.29, 0.717) is 6.54 Å². The molecule has 0 bridgehead atoms. The molecule has 0 radical (unpaired) electrons. The lowest BCUT2D eigenvalue weighted by atomic mass is 10.0. The van der Waals surface area contributed by atoms with E-state index in [0.717, 1.165) is 39.7 Å². The Kier molecular flexibility index (Phi) is 9.16. The third-order valence-electron chi connectivity index (χ3n) is 6.66. The Morgan fingerprint density at radius 2 is 1.60 bits per heavy atom. The molecular formula is C29H35N3OS2. The number of pyridine rings is 1. The molecule has 0 unspecified atom stereocenters. The number of rotatable bonds is 7. The van der Waals surface area contributed by atoms with Gasteiger partial charge in [-0.15, -0.1) is 23.5 Å². The summed E-state index contributed by atoms with van der Waals surface area (Å²) in [6.45, 7) is 2.61. The number of benzene rings is 2. The Hall–Kier alpha value is -2.44. The molecule has 0 saturated heterocycles. The third-order valence-corrected chi connectivity index (χ3v) is 8.11. The largest absolute Gasteiger partial charge is 0.322 e. The average molecular weight is 506 g/mol. The topological polar surface area (TPSA) is 45.2 Å². The van der Waals surface area contributed by atoms with Gasteiger partial charge in [0.15, 0.2) is 0 Å². The first-order chi connectivity index (χ1) is 17.1. The monoisotopic (exact) mass is 505 g/mol. The molecule has 1 heterocycles. The van der Waals surface area contributed by atoms with Gasteiger partial charge in [-0.25, -0.2) is 9.78 Å². The van der Waals surface area contributed by atoms with Crippen LogP contribution in [-0.2, 0) is 6.54 Å². The number of nitrogens with one attached hydrogen (secondary N) is 1. The number of aryl methyl sites for hydroxylation is 1. The first kappa shape index (κ1) is 25.6. The molecule has 1 N–H and O–H groups in total. The summed E-state index contributed by atoms with van der Waals surface area (Å²) in [6, 6.07) is 21.3. The summed E-state index contributed by atoms with van der Waals surface area (Å²) in [5.74, 6) is 0. The zero-order chi connectivity index (χ0) is 24.6. The van der Waals surface area contributed by atoms with Gasteiger partial charge in [0.2, 0.25) is 0 Å². The third kappa shape index (κ3) is 6.62. The maximum Gasteiger partial charge on any atom is 0.322 e. The predicted molar refractivity (Wildman–Crippen MR) is 150 cm³/mol. The maximum atomic E-state index is 13.8. The minimum atomic E-state index is -0.0275. The van der Waals surface area contributed by atoms with Crippen molar-refractivity contribution in [2.75, 3.05) is 17.8 Å². The molecule has 0 aliphatic heterocycles. The number of carbonyl (C=O) groups is 1. The quantitative estimate of drug-likeness (QED) is 0.259. The van der Waals surface area contributed by atoms with Gasteiger partial charge in [0.1, 0.15) is 5.03 Å². The number of urea groups is 1. The number of anilines is 1. The molecule has 6 heteroatoms. The predicted octanol–water partition coefficient (Wildman–Crippen LogP) is 8.26. The molecule has 0 spiro atoms. The minimum absolute atomic E-state index is 0.0275. The number of thioether (sulfide) groups is 2. The van der Waals surface area contributed by atoms with Gasteiger partial charge in [-0.2, -0.15) is 0 Å². The molecule has 184 valence electrons. The van der Waals surface area contributed by atoms with Gasteiger partial charge in [0, 0.05) is 23.2 Å². The van der Waals surface area contributed by atoms with Crippen molar-refractivity contribution in [3.8, 4) is 11.1 Å². The molecule has 2 amide bonds. The summed E-state index contributed by atoms with van der Waals surface area (Å²) in [6.07, 6.45) is 11.1. The zero-order valence-corrected chi connectivity index (χ0v) is 22.6. The van der Waals surface area contributed by atoms with Gasteiger partial charge in [-0.1, -0.05) is 80.3 Å². The second-order valence-corrected chi connectivity index (χ2v) is 10.8. The van der Waals surface area contributed by atoms with Crippen LogP contribution in [0, 0.1) is 6.92 Å². The zero-order valence-electron chi connectivity index (χ0n) is 20.9. The second kappa shape index (κ2) is 12.5. The number of aromatic nitrogens is 1. The van der Waals surface area contributed by atoms with E-state index >= 15 is 0 Å². The fraction of sp³-hybridized carbons (Fsp3) is 0.379. The molecule has 4 rings (SSSR count). The lowest BCUT2D eigenvalue weighted by Gasteiger charge is -2.32. The highest BCUT2D eigenvalue weighted by molar-refractivity contribution is 7.99. The maximum absolute atomic E-state index is 13.8. The van der Waals surface area contributed by atoms with Crippen LogP contribution in [0.1, 0.15) is 49.8 Å². The lowest BCUT2D eigenvalue weighted by Crippen LogP contribution is -2.42. The van der Waals surface area contributed by atoms with E-state index in [2.05, 4.69) is 69.8 Å². The highest BCUT2D eigenvalue weighted by atomic mass is 32.2. The van der Waals surface area contributed by atoms with Crippen molar-refractivity contribution >= 4 is 35.2 Å². The standard InChI is InChI=1S/C29H35N3OS2/c1-21-19-26(34-2)27(28(30-21)35-3)31-29(33)32(25-13-9-4-5-10-14-25)20-22-15-17-24(18-16-22)23-11-7-6-8-12-23/h6-8,11-12,15-19,25H,4-5,9-10,13-14,20H2,1-3H3,(H,31,33). The van der Waals surface area contributed by atoms with Crippen LogP contribution in [0.4, 0.5) is 10.5 Å². The van der Waals surface area contributed by atoms with E-state index < -0.39 is 0 Å². The van der Waals surface area contributed by atoms with Crippen molar-refractivity contribution in [2.45, 2.75) is 68.0 Å². The molecule has 0 atom stereocenters. The molecule has 1 aliphatic carbocycles. The molecule has 1 fully saturated rings. The number of hydrogen-bond acceptors (Lipinski definition) is 4. The lowest BCUT2D eigenvalue weighted by molar-refractivity contribution is 0.175. The molecular weight excluding hydrogens is 470 g/mol. The van der Waals surface area contributed by atoms with Crippen molar-refractivity contribution in [2.24, 2.45) is 0 Å². The normalized spacial score (nSPS) is 14.4. The SMILES string of the molecule is CSc1cc(C)nc(SC)c1NC(=O)N(Cc1ccc(-c2ccccc2)cc1)C1CCCCCC1. The van der Waals surface area contributed by atoms with Crippen LogP contribution in [0.15, 0.2) is 70.6 Å². The average Bonchev–Trinajstić information content (AvgIpc) is 3.18. The van der Waals surface area contributed by atoms with Crippen LogP contribution in [0.3, 0.4) is 0 Å². The first-order valence-electron chi connectivity index (χ1n) is 12.4. The molecule has 3 aromatic rings. The van der Waals surface area contributed by atoms with Gasteiger partial charge in [-0.3, -0.25) is 0 Å². The van der Waals surface area contributed by atoms with Gasteiger partial charge in [-0.05, 0) is 55.0 Å². The molecule has 1 saturated carbocycles. The summed E-state index contributed by atoms with van der Waals surface area (Å²) in [4.78, 5) is 21.6. The summed E-state index contributed by atoms with van der Waals surface area (Å²) in [5.41, 5.74) is 5.36. The summed E-state index contributed by atoms with van der Waals surface area (Å²) in [7, 11) is 0. The van der Waals surface area contributed by atoms with Gasteiger partial charge in [0.25, 0.3) is 0 Å². The Morgan fingerprint density at radius 1 is 0.943 bits per heavy atom. The Balaban J connectivity index is 1.59. The van der Waals surface area contributed by atoms with Crippen LogP contribution < -0.4 is 5.32 Å². The van der Waals surface area contributed by atoms with E-state index in [9.17, 15) is 4.79 Å². The van der Waals surface area contributed by atoms with Crippen molar-refractivity contribution in [3.63, 3.8) is 0 Å². The number of carbonyl (C=O) groups excluding carboxylic acids is 1. The van der Waals surface area contributed by atoms with E-state index in [-0.39, 0.29) is 12.1 Å². The number of nitrogens with zero attached hydrogens (tertiary/aromatic N) is 2. The molecule has 4 nitrogen and oxygen atoms in total. The molecule has 35 heavy (non-hydrogen) atoms. The first-order valence-corrected chi connectivity index (χ1v) is 14.9. The van der Waals surface area contributed by atoms with Crippen molar-refractivity contribution < 1.29 is 4.79 Å². The Morgan fingerprint density at radius 3 is 2.23 bits per heavy atom. The van der Waals surface area contributed by atoms with Crippen molar-refractivity contribution in [3.05, 3.63) is 71.9 Å². The minimum Gasteiger partial charge on any atom is -0.317 e. The highest BCUT2D eigenvalue weighted by Gasteiger charge is 2.26. The second-order valence-electron chi connectivity index (χ2n) is 9.12. The van der Waals surface area contributed by atoms with Gasteiger partial charge >= 0.3 is 6.03 Å². The van der Waals surface area contributed by atoms with Crippen LogP contribution >= 0.6 is 23.5 Å². The van der Waals surface area contributed by atoms with Crippen molar-refractivity contribution in [1.82, 2.24) is 9.88 Å². The Labute approximate surface area is 218 Å². The fourth-order valence-corrected chi connectivity index (χ4v) is 6.09. The van der Waals surface area contributed by atoms with E-state index in [1.807, 2.05) is 25.5 Å². The van der Waals surface area contributed by atoms with Crippen LogP contribution in [-0.4, -0.2) is 34.5 Å². The van der Waals surface area contributed by atoms with Gasteiger partial charge in [0.05, 0.1) is 5.69 Å². The summed E-state index contributed by atoms with van der Waals surface area (Å²) < 4.78 is 0. The fourth-order valence-electron chi connectivity index (χ4n) is 4.78. The van der Waals surface area contributed by atoms with Crippen LogP contribution in [0.25, 0.3) is 11.1 Å². The summed E-state index contributed by atoms with van der Waals surface area (Å²) >= 11 is 3.23. The molecule has 2 aromatic carbocycles. The molecule has 1 aromatic heterocycles. The van der Waals surface area contributed by atoms with E-state index in [1.165, 1.54) is 36.8 Å². The molecule has 1 aliphatic rings.